The third-order valence-electron chi connectivity index (χ3n) is 14.2. The second-order valence-corrected chi connectivity index (χ2v) is 19.9. The van der Waals surface area contributed by atoms with Gasteiger partial charge in [0.2, 0.25) is 0 Å². The second kappa shape index (κ2) is 43.7. The second-order valence-electron chi connectivity index (χ2n) is 19.9. The Kier molecular flexibility index (Phi) is 41.5. The van der Waals surface area contributed by atoms with Crippen molar-refractivity contribution in [1.82, 2.24) is 9.80 Å². The number of hydrogen-bond acceptors (Lipinski definition) is 7. The quantitative estimate of drug-likeness (QED) is 0.0482. The summed E-state index contributed by atoms with van der Waals surface area (Å²) in [5, 5.41) is 9.65. The van der Waals surface area contributed by atoms with Crippen LogP contribution in [0, 0.1) is 17.8 Å². The SMILES string of the molecule is CCCCCCCCC(CCCCCCCC)CC(=O)OCC(CCCCN(CC)CCN(CCO)C1CCC1)COC(=O)CC(CCCCCCCC)CCCCCCCC. The van der Waals surface area contributed by atoms with E-state index < -0.39 is 0 Å². The van der Waals surface area contributed by atoms with E-state index in [-0.39, 0.29) is 24.5 Å². The third-order valence-corrected chi connectivity index (χ3v) is 14.2. The van der Waals surface area contributed by atoms with Crippen molar-refractivity contribution in [2.45, 2.75) is 272 Å². The Labute approximate surface area is 386 Å². The highest BCUT2D eigenvalue weighted by Crippen LogP contribution is 2.26. The first-order valence-corrected chi connectivity index (χ1v) is 27.8. The van der Waals surface area contributed by atoms with E-state index in [1.165, 1.54) is 173 Å². The molecular formula is C55H108N2O5. The molecule has 1 N–H and O–H groups in total. The molecule has 0 aliphatic heterocycles. The van der Waals surface area contributed by atoms with E-state index in [1.807, 2.05) is 0 Å². The maximum atomic E-state index is 13.5. The number of aliphatic hydroxyl groups is 1. The van der Waals surface area contributed by atoms with Gasteiger partial charge in [-0.05, 0) is 76.3 Å². The predicted molar refractivity (Wildman–Crippen MR) is 266 cm³/mol. The summed E-state index contributed by atoms with van der Waals surface area (Å²) in [5.41, 5.74) is 0. The number of ether oxygens (including phenoxy) is 2. The van der Waals surface area contributed by atoms with Crippen LogP contribution in [0.4, 0.5) is 0 Å². The standard InChI is InChI=1S/C55H108N2O5/c1-6-11-15-19-23-27-34-50(35-28-24-20-16-12-7-2)46-54(59)61-48-52(38-31-32-41-56(10-5)42-43-57(44-45-58)53-39-33-40-53)49-62-55(60)47-51(36-29-25-21-17-13-8-3)37-30-26-22-18-14-9-4/h50-53,58H,6-49H2,1-5H3. The van der Waals surface area contributed by atoms with Crippen molar-refractivity contribution in [1.29, 1.82) is 0 Å². The molecule has 0 amide bonds. The lowest BCUT2D eigenvalue weighted by atomic mass is 9.91. The molecule has 0 aromatic carbocycles. The number of hydrogen-bond donors (Lipinski definition) is 1. The molecule has 1 aliphatic carbocycles. The summed E-state index contributed by atoms with van der Waals surface area (Å²) in [7, 11) is 0. The van der Waals surface area contributed by atoms with Crippen LogP contribution in [0.2, 0.25) is 0 Å². The van der Waals surface area contributed by atoms with Crippen LogP contribution in [-0.2, 0) is 19.1 Å². The Morgan fingerprint density at radius 2 is 0.839 bits per heavy atom. The molecule has 0 unspecified atom stereocenters. The number of esters is 2. The largest absolute Gasteiger partial charge is 0.465 e. The topological polar surface area (TPSA) is 79.3 Å². The minimum atomic E-state index is -0.0581. The zero-order valence-electron chi connectivity index (χ0n) is 42.4. The zero-order valence-corrected chi connectivity index (χ0v) is 42.4. The van der Waals surface area contributed by atoms with Crippen LogP contribution in [0.15, 0.2) is 0 Å². The van der Waals surface area contributed by atoms with Crippen molar-refractivity contribution in [2.75, 3.05) is 52.5 Å². The fraction of sp³-hybridized carbons (Fsp3) is 0.964. The zero-order chi connectivity index (χ0) is 45.1. The van der Waals surface area contributed by atoms with Gasteiger partial charge in [0.15, 0.2) is 0 Å². The summed E-state index contributed by atoms with van der Waals surface area (Å²) in [6, 6.07) is 0.648. The van der Waals surface area contributed by atoms with Crippen LogP contribution >= 0.6 is 0 Å². The normalized spacial score (nSPS) is 13.3. The van der Waals surface area contributed by atoms with Gasteiger partial charge >= 0.3 is 11.9 Å². The minimum Gasteiger partial charge on any atom is -0.465 e. The summed E-state index contributed by atoms with van der Waals surface area (Å²) in [5.74, 6) is 0.727. The van der Waals surface area contributed by atoms with Gasteiger partial charge in [0.05, 0.1) is 19.8 Å². The van der Waals surface area contributed by atoms with Crippen molar-refractivity contribution in [3.63, 3.8) is 0 Å². The molecular weight excluding hydrogens is 769 g/mol. The molecule has 1 fully saturated rings. The smallest absolute Gasteiger partial charge is 0.306 e. The van der Waals surface area contributed by atoms with Crippen LogP contribution in [0.3, 0.4) is 0 Å². The van der Waals surface area contributed by atoms with E-state index >= 15 is 0 Å². The number of likely N-dealkylation sites (N-methyl/N-ethyl adjacent to an activating group) is 1. The Balaban J connectivity index is 2.85. The molecule has 0 atom stereocenters. The van der Waals surface area contributed by atoms with Gasteiger partial charge < -0.3 is 19.5 Å². The van der Waals surface area contributed by atoms with Crippen LogP contribution in [0.1, 0.15) is 266 Å². The van der Waals surface area contributed by atoms with Crippen LogP contribution < -0.4 is 0 Å². The average molecular weight is 877 g/mol. The molecule has 0 heterocycles. The van der Waals surface area contributed by atoms with Gasteiger partial charge in [0.25, 0.3) is 0 Å². The summed E-state index contributed by atoms with van der Waals surface area (Å²) in [4.78, 5) is 32.0. The Morgan fingerprint density at radius 3 is 1.19 bits per heavy atom. The van der Waals surface area contributed by atoms with E-state index in [0.717, 1.165) is 77.7 Å². The highest BCUT2D eigenvalue weighted by Gasteiger charge is 2.25. The van der Waals surface area contributed by atoms with Gasteiger partial charge in [-0.25, -0.2) is 0 Å². The van der Waals surface area contributed by atoms with Crippen molar-refractivity contribution >= 4 is 11.9 Å². The summed E-state index contributed by atoms with van der Waals surface area (Å²) < 4.78 is 12.2. The highest BCUT2D eigenvalue weighted by molar-refractivity contribution is 5.70. The Morgan fingerprint density at radius 1 is 0.468 bits per heavy atom. The molecule has 1 rings (SSSR count). The highest BCUT2D eigenvalue weighted by atomic mass is 16.5. The molecule has 368 valence electrons. The monoisotopic (exact) mass is 877 g/mol. The number of carbonyl (C=O) groups excluding carboxylic acids is 2. The van der Waals surface area contributed by atoms with Crippen LogP contribution in [0.25, 0.3) is 0 Å². The number of aliphatic hydroxyl groups excluding tert-OH is 1. The van der Waals surface area contributed by atoms with Gasteiger partial charge in [-0.1, -0.05) is 202 Å². The Bertz CT molecular complexity index is 889. The number of carbonyl (C=O) groups is 2. The van der Waals surface area contributed by atoms with E-state index in [4.69, 9.17) is 9.47 Å². The third kappa shape index (κ3) is 34.2. The van der Waals surface area contributed by atoms with Gasteiger partial charge in [-0.2, -0.15) is 0 Å². The number of nitrogens with zero attached hydrogens (tertiary/aromatic N) is 2. The maximum absolute atomic E-state index is 13.5. The fourth-order valence-electron chi connectivity index (χ4n) is 9.60. The molecule has 62 heavy (non-hydrogen) atoms. The lowest BCUT2D eigenvalue weighted by Gasteiger charge is -2.38. The van der Waals surface area contributed by atoms with Crippen molar-refractivity contribution in [3.8, 4) is 0 Å². The van der Waals surface area contributed by atoms with Gasteiger partial charge in [-0.3, -0.25) is 14.5 Å². The van der Waals surface area contributed by atoms with E-state index in [9.17, 15) is 14.7 Å². The first-order valence-electron chi connectivity index (χ1n) is 27.8. The summed E-state index contributed by atoms with van der Waals surface area (Å²) >= 11 is 0. The molecule has 0 aromatic heterocycles. The fourth-order valence-corrected chi connectivity index (χ4v) is 9.60. The number of rotatable bonds is 48. The molecule has 0 saturated heterocycles. The lowest BCUT2D eigenvalue weighted by molar-refractivity contribution is -0.150. The maximum Gasteiger partial charge on any atom is 0.306 e. The van der Waals surface area contributed by atoms with Crippen molar-refractivity contribution in [2.24, 2.45) is 17.8 Å². The van der Waals surface area contributed by atoms with E-state index in [1.54, 1.807) is 0 Å². The molecule has 1 aliphatic rings. The molecule has 1 saturated carbocycles. The first kappa shape index (κ1) is 58.8. The molecule has 0 aromatic rings. The van der Waals surface area contributed by atoms with Crippen molar-refractivity contribution in [3.05, 3.63) is 0 Å². The van der Waals surface area contributed by atoms with Crippen LogP contribution in [-0.4, -0.2) is 85.4 Å². The molecule has 0 radical (unpaired) electrons. The lowest BCUT2D eigenvalue weighted by Crippen LogP contribution is -2.45. The van der Waals surface area contributed by atoms with E-state index in [2.05, 4.69) is 44.4 Å². The average Bonchev–Trinajstić information content (AvgIpc) is 3.25. The number of unbranched alkanes of at least 4 members (excludes halogenated alkanes) is 21. The van der Waals surface area contributed by atoms with Gasteiger partial charge in [0, 0.05) is 44.4 Å². The molecule has 0 spiro atoms. The summed E-state index contributed by atoms with van der Waals surface area (Å²) in [6.45, 7) is 17.2. The Hall–Kier alpha value is -1.18. The first-order chi connectivity index (χ1) is 30.4. The van der Waals surface area contributed by atoms with Crippen LogP contribution in [0.5, 0.6) is 0 Å². The van der Waals surface area contributed by atoms with Gasteiger partial charge in [0.1, 0.15) is 0 Å². The summed E-state index contributed by atoms with van der Waals surface area (Å²) in [6.07, 6.45) is 43.2. The molecule has 7 heteroatoms. The van der Waals surface area contributed by atoms with Gasteiger partial charge in [-0.15, -0.1) is 0 Å². The minimum absolute atomic E-state index is 0.0304. The van der Waals surface area contributed by atoms with E-state index in [0.29, 0.717) is 43.9 Å². The van der Waals surface area contributed by atoms with Crippen molar-refractivity contribution < 1.29 is 24.2 Å². The predicted octanol–water partition coefficient (Wildman–Crippen LogP) is 15.0. The molecule has 7 nitrogen and oxygen atoms in total. The molecule has 0 bridgehead atoms.